The second-order valence-corrected chi connectivity index (χ2v) is 6.89. The predicted molar refractivity (Wildman–Crippen MR) is 107 cm³/mol. The lowest BCUT2D eigenvalue weighted by Gasteiger charge is -2.32. The van der Waals surface area contributed by atoms with Crippen molar-refractivity contribution in [2.75, 3.05) is 20.3 Å². The zero-order valence-corrected chi connectivity index (χ0v) is 16.9. The average Bonchev–Trinajstić information content (AvgIpc) is 2.73. The van der Waals surface area contributed by atoms with E-state index in [9.17, 15) is 18.0 Å². The number of carbonyl (C=O) groups is 1. The van der Waals surface area contributed by atoms with Crippen LogP contribution in [0, 0.1) is 5.92 Å². The highest BCUT2D eigenvalue weighted by molar-refractivity contribution is 5.82. The third kappa shape index (κ3) is 5.49. The van der Waals surface area contributed by atoms with E-state index in [1.165, 1.54) is 24.3 Å². The number of ether oxygens (including phenoxy) is 3. The molecule has 0 aliphatic carbocycles. The van der Waals surface area contributed by atoms with Crippen LogP contribution in [0.15, 0.2) is 72.8 Å². The van der Waals surface area contributed by atoms with Gasteiger partial charge in [-0.15, -0.1) is 0 Å². The molecule has 2 aromatic rings. The Morgan fingerprint density at radius 2 is 1.60 bits per heavy atom. The fourth-order valence-electron chi connectivity index (χ4n) is 2.83. The van der Waals surface area contributed by atoms with Crippen LogP contribution in [0.25, 0.3) is 0 Å². The molecule has 0 aliphatic rings. The molecule has 162 valence electrons. The molecule has 0 unspecified atom stereocenters. The van der Waals surface area contributed by atoms with Gasteiger partial charge in [0.25, 0.3) is 5.60 Å². The molecular weight excluding hydrogens is 397 g/mol. The summed E-state index contributed by atoms with van der Waals surface area (Å²) in [4.78, 5) is 12.5. The van der Waals surface area contributed by atoms with Crippen molar-refractivity contribution in [3.8, 4) is 0 Å². The molecule has 0 N–H and O–H groups in total. The number of rotatable bonds is 10. The topological polar surface area (TPSA) is 44.8 Å². The van der Waals surface area contributed by atoms with Crippen LogP contribution in [-0.2, 0) is 31.2 Å². The van der Waals surface area contributed by atoms with Gasteiger partial charge in [-0.1, -0.05) is 74.2 Å². The van der Waals surface area contributed by atoms with E-state index >= 15 is 0 Å². The number of methoxy groups -OCH3 is 1. The molecule has 0 aliphatic heterocycles. The Bertz CT molecular complexity index is 821. The second-order valence-electron chi connectivity index (χ2n) is 6.89. The largest absolute Gasteiger partial charge is 0.459 e. The summed E-state index contributed by atoms with van der Waals surface area (Å²) in [7, 11) is 0.830. The number of halogens is 3. The Kier molecular flexibility index (Phi) is 8.20. The van der Waals surface area contributed by atoms with Crippen LogP contribution in [0.1, 0.15) is 18.1 Å². The van der Waals surface area contributed by atoms with Crippen LogP contribution in [0.2, 0.25) is 0 Å². The quantitative estimate of drug-likeness (QED) is 0.397. The molecular formula is C23H25F3O4. The normalized spacial score (nSPS) is 14.6. The van der Waals surface area contributed by atoms with Gasteiger partial charge in [-0.3, -0.25) is 0 Å². The lowest BCUT2D eigenvalue weighted by atomic mass is 9.92. The molecule has 0 heterocycles. The molecule has 7 heteroatoms. The standard InChI is InChI=1S/C23H25F3O4/c1-17(14-29-16-19-10-6-4-7-11-19)18(2)15-30-21(27)22(28-3,23(24,25)26)20-12-8-5-9-13-20/h4-13,17H,2,14-16H2,1,3H3/t17-,22-/m1/s1. The monoisotopic (exact) mass is 422 g/mol. The lowest BCUT2D eigenvalue weighted by molar-refractivity contribution is -0.276. The first-order valence-electron chi connectivity index (χ1n) is 9.36. The molecule has 2 rings (SSSR count). The lowest BCUT2D eigenvalue weighted by Crippen LogP contribution is -2.51. The van der Waals surface area contributed by atoms with Crippen molar-refractivity contribution in [2.45, 2.75) is 25.3 Å². The summed E-state index contributed by atoms with van der Waals surface area (Å²) in [6, 6.07) is 16.2. The number of hydrogen-bond acceptors (Lipinski definition) is 4. The van der Waals surface area contributed by atoms with Gasteiger partial charge in [-0.25, -0.2) is 4.79 Å². The van der Waals surface area contributed by atoms with Gasteiger partial charge in [-0.2, -0.15) is 13.2 Å². The highest BCUT2D eigenvalue weighted by Crippen LogP contribution is 2.43. The smallest absolute Gasteiger partial charge is 0.432 e. The van der Waals surface area contributed by atoms with Crippen molar-refractivity contribution in [2.24, 2.45) is 5.92 Å². The molecule has 0 radical (unpaired) electrons. The fraction of sp³-hybridized carbons (Fsp3) is 0.348. The Morgan fingerprint density at radius 1 is 1.03 bits per heavy atom. The van der Waals surface area contributed by atoms with Gasteiger partial charge >= 0.3 is 12.1 Å². The minimum atomic E-state index is -5.01. The van der Waals surface area contributed by atoms with Crippen LogP contribution in [-0.4, -0.2) is 32.5 Å². The van der Waals surface area contributed by atoms with Crippen molar-refractivity contribution in [3.05, 3.63) is 83.9 Å². The summed E-state index contributed by atoms with van der Waals surface area (Å²) in [5.74, 6) is -1.76. The predicted octanol–water partition coefficient (Wildman–Crippen LogP) is 5.04. The maximum Gasteiger partial charge on any atom is 0.432 e. The van der Waals surface area contributed by atoms with Gasteiger partial charge in [-0.05, 0) is 11.1 Å². The van der Waals surface area contributed by atoms with E-state index in [0.29, 0.717) is 18.8 Å². The highest BCUT2D eigenvalue weighted by Gasteiger charge is 2.64. The van der Waals surface area contributed by atoms with E-state index in [1.54, 1.807) is 13.0 Å². The molecule has 0 aromatic heterocycles. The summed E-state index contributed by atoms with van der Waals surface area (Å²) in [6.45, 7) is 5.93. The molecule has 0 bridgehead atoms. The SMILES string of the molecule is C=C(COC(=O)[C@](OC)(c1ccccc1)C(F)(F)F)[C@H](C)COCc1ccccc1. The first-order valence-corrected chi connectivity index (χ1v) is 9.36. The zero-order valence-electron chi connectivity index (χ0n) is 16.9. The number of alkyl halides is 3. The summed E-state index contributed by atoms with van der Waals surface area (Å²) >= 11 is 0. The Hall–Kier alpha value is -2.64. The fourth-order valence-corrected chi connectivity index (χ4v) is 2.83. The van der Waals surface area contributed by atoms with Crippen molar-refractivity contribution in [1.82, 2.24) is 0 Å². The average molecular weight is 422 g/mol. The summed E-state index contributed by atoms with van der Waals surface area (Å²) in [5.41, 5.74) is -2.12. The Morgan fingerprint density at radius 3 is 2.13 bits per heavy atom. The second kappa shape index (κ2) is 10.4. The third-order valence-electron chi connectivity index (χ3n) is 4.74. The van der Waals surface area contributed by atoms with E-state index in [1.807, 2.05) is 30.3 Å². The van der Waals surface area contributed by atoms with E-state index in [4.69, 9.17) is 14.2 Å². The van der Waals surface area contributed by atoms with E-state index in [-0.39, 0.29) is 18.1 Å². The minimum absolute atomic E-state index is 0.221. The van der Waals surface area contributed by atoms with Crippen molar-refractivity contribution < 1.29 is 32.2 Å². The maximum absolute atomic E-state index is 13.9. The maximum atomic E-state index is 13.9. The van der Waals surface area contributed by atoms with Gasteiger partial charge in [0, 0.05) is 18.6 Å². The van der Waals surface area contributed by atoms with Crippen molar-refractivity contribution >= 4 is 5.97 Å². The van der Waals surface area contributed by atoms with Gasteiger partial charge < -0.3 is 14.2 Å². The van der Waals surface area contributed by atoms with Crippen LogP contribution >= 0.6 is 0 Å². The molecule has 2 aromatic carbocycles. The van der Waals surface area contributed by atoms with Crippen LogP contribution in [0.4, 0.5) is 13.2 Å². The Balaban J connectivity index is 1.98. The first-order chi connectivity index (χ1) is 14.2. The zero-order chi connectivity index (χ0) is 22.2. The van der Waals surface area contributed by atoms with E-state index in [0.717, 1.165) is 12.7 Å². The van der Waals surface area contributed by atoms with Gasteiger partial charge in [0.2, 0.25) is 0 Å². The van der Waals surface area contributed by atoms with Crippen molar-refractivity contribution in [3.63, 3.8) is 0 Å². The van der Waals surface area contributed by atoms with E-state index < -0.39 is 17.7 Å². The van der Waals surface area contributed by atoms with Gasteiger partial charge in [0.15, 0.2) is 0 Å². The molecule has 0 fully saturated rings. The molecule has 0 saturated carbocycles. The third-order valence-corrected chi connectivity index (χ3v) is 4.74. The summed E-state index contributed by atoms with van der Waals surface area (Å²) in [6.07, 6.45) is -5.01. The minimum Gasteiger partial charge on any atom is -0.459 e. The molecule has 0 spiro atoms. The number of benzene rings is 2. The molecule has 4 nitrogen and oxygen atoms in total. The molecule has 0 saturated heterocycles. The number of carbonyl (C=O) groups excluding carboxylic acids is 1. The first kappa shape index (κ1) is 23.6. The van der Waals surface area contributed by atoms with Crippen LogP contribution in [0.5, 0.6) is 0 Å². The molecule has 30 heavy (non-hydrogen) atoms. The Labute approximate surface area is 174 Å². The number of hydrogen-bond donors (Lipinski definition) is 0. The van der Waals surface area contributed by atoms with Crippen LogP contribution < -0.4 is 0 Å². The van der Waals surface area contributed by atoms with Crippen molar-refractivity contribution in [1.29, 1.82) is 0 Å². The van der Waals surface area contributed by atoms with Crippen LogP contribution in [0.3, 0.4) is 0 Å². The summed E-state index contributed by atoms with van der Waals surface area (Å²) < 4.78 is 56.9. The van der Waals surface area contributed by atoms with Gasteiger partial charge in [0.05, 0.1) is 13.2 Å². The van der Waals surface area contributed by atoms with E-state index in [2.05, 4.69) is 6.58 Å². The number of esters is 1. The van der Waals surface area contributed by atoms with Gasteiger partial charge in [0.1, 0.15) is 6.61 Å². The molecule has 0 amide bonds. The molecule has 2 atom stereocenters. The summed E-state index contributed by atoms with van der Waals surface area (Å²) in [5, 5.41) is 0. The highest BCUT2D eigenvalue weighted by atomic mass is 19.4.